The van der Waals surface area contributed by atoms with Gasteiger partial charge >= 0.3 is 6.18 Å². The highest BCUT2D eigenvalue weighted by Crippen LogP contribution is 2.32. The molecule has 28 heavy (non-hydrogen) atoms. The summed E-state index contributed by atoms with van der Waals surface area (Å²) >= 11 is 0. The number of nitrogens with one attached hydrogen (secondary N) is 1. The van der Waals surface area contributed by atoms with Gasteiger partial charge in [0.25, 0.3) is 5.91 Å². The van der Waals surface area contributed by atoms with E-state index in [1.54, 1.807) is 30.5 Å². The number of aryl methyl sites for hydroxylation is 1. The van der Waals surface area contributed by atoms with Crippen LogP contribution in [-0.2, 0) is 12.6 Å². The lowest BCUT2D eigenvalue weighted by molar-refractivity contribution is -0.141. The number of carbonyl (C=O) groups excluding carboxylic acids is 1. The number of halogens is 3. The molecule has 0 radical (unpaired) electrons. The number of fused-ring (bicyclic) bond motifs is 1. The predicted molar refractivity (Wildman–Crippen MR) is 95.9 cm³/mol. The monoisotopic (exact) mass is 386 g/mol. The number of hydrogen-bond donors (Lipinski definition) is 1. The van der Waals surface area contributed by atoms with Crippen molar-refractivity contribution in [3.8, 4) is 5.69 Å². The number of carbonyl (C=O) groups is 1. The van der Waals surface area contributed by atoms with Gasteiger partial charge in [-0.1, -0.05) is 18.2 Å². The van der Waals surface area contributed by atoms with E-state index in [2.05, 4.69) is 15.4 Å². The molecule has 5 nitrogen and oxygen atoms in total. The SMILES string of the molecule is O=C(NC1CCCc2nn(-c3ccnc(C(F)(F)F)c3)cc21)c1ccccc1. The Bertz CT molecular complexity index is 998. The quantitative estimate of drug-likeness (QED) is 0.738. The summed E-state index contributed by atoms with van der Waals surface area (Å²) in [6.45, 7) is 0. The first kappa shape index (κ1) is 18.2. The minimum absolute atomic E-state index is 0.186. The lowest BCUT2D eigenvalue weighted by Gasteiger charge is -2.22. The van der Waals surface area contributed by atoms with Crippen LogP contribution in [0.1, 0.15) is 46.2 Å². The molecule has 3 aromatic rings. The molecular formula is C20H17F3N4O. The molecule has 0 aliphatic heterocycles. The van der Waals surface area contributed by atoms with Gasteiger partial charge in [-0.25, -0.2) is 4.68 Å². The van der Waals surface area contributed by atoms with Crippen LogP contribution in [0.15, 0.2) is 54.9 Å². The van der Waals surface area contributed by atoms with E-state index in [0.29, 0.717) is 5.56 Å². The third kappa shape index (κ3) is 3.62. The summed E-state index contributed by atoms with van der Waals surface area (Å²) in [6, 6.07) is 11.1. The number of rotatable bonds is 3. The van der Waals surface area contributed by atoms with E-state index in [-0.39, 0.29) is 17.6 Å². The largest absolute Gasteiger partial charge is 0.433 e. The smallest absolute Gasteiger partial charge is 0.345 e. The van der Waals surface area contributed by atoms with E-state index in [1.807, 2.05) is 6.07 Å². The Morgan fingerprint density at radius 1 is 1.18 bits per heavy atom. The molecule has 8 heteroatoms. The molecule has 0 bridgehead atoms. The third-order valence-corrected chi connectivity index (χ3v) is 4.74. The van der Waals surface area contributed by atoms with Crippen molar-refractivity contribution < 1.29 is 18.0 Å². The van der Waals surface area contributed by atoms with E-state index in [9.17, 15) is 18.0 Å². The van der Waals surface area contributed by atoms with Crippen molar-refractivity contribution in [1.82, 2.24) is 20.1 Å². The van der Waals surface area contributed by atoms with Crippen molar-refractivity contribution >= 4 is 5.91 Å². The summed E-state index contributed by atoms with van der Waals surface area (Å²) in [5.41, 5.74) is 1.50. The Kier molecular flexibility index (Phi) is 4.62. The Morgan fingerprint density at radius 3 is 2.71 bits per heavy atom. The Hall–Kier alpha value is -3.16. The maximum absolute atomic E-state index is 12.9. The zero-order valence-electron chi connectivity index (χ0n) is 14.8. The van der Waals surface area contributed by atoms with Gasteiger partial charge in [0.2, 0.25) is 0 Å². The van der Waals surface area contributed by atoms with Gasteiger partial charge in [0, 0.05) is 23.5 Å². The molecule has 2 aromatic heterocycles. The number of benzene rings is 1. The fourth-order valence-electron chi connectivity index (χ4n) is 3.37. The number of alkyl halides is 3. The van der Waals surface area contributed by atoms with E-state index < -0.39 is 11.9 Å². The molecule has 0 spiro atoms. The zero-order valence-corrected chi connectivity index (χ0v) is 14.8. The molecule has 0 saturated carbocycles. The first-order valence-corrected chi connectivity index (χ1v) is 8.90. The van der Waals surface area contributed by atoms with Gasteiger partial charge in [-0.05, 0) is 43.5 Å². The molecule has 0 fully saturated rings. The molecule has 1 aromatic carbocycles. The Balaban J connectivity index is 1.61. The minimum Gasteiger partial charge on any atom is -0.345 e. The van der Waals surface area contributed by atoms with Gasteiger partial charge < -0.3 is 5.32 Å². The second-order valence-corrected chi connectivity index (χ2v) is 6.66. The highest BCUT2D eigenvalue weighted by molar-refractivity contribution is 5.94. The predicted octanol–water partition coefficient (Wildman–Crippen LogP) is 4.09. The van der Waals surface area contributed by atoms with Crippen LogP contribution in [0, 0.1) is 0 Å². The molecule has 144 valence electrons. The van der Waals surface area contributed by atoms with Crippen LogP contribution in [0.4, 0.5) is 13.2 Å². The minimum atomic E-state index is -4.52. The molecule has 1 unspecified atom stereocenters. The average molecular weight is 386 g/mol. The molecule has 1 amide bonds. The highest BCUT2D eigenvalue weighted by atomic mass is 19.4. The summed E-state index contributed by atoms with van der Waals surface area (Å²) in [4.78, 5) is 15.9. The summed E-state index contributed by atoms with van der Waals surface area (Å²) in [6.07, 6.45) is 0.606. The van der Waals surface area contributed by atoms with Gasteiger partial charge in [-0.2, -0.15) is 18.3 Å². The number of amides is 1. The zero-order chi connectivity index (χ0) is 19.7. The van der Waals surface area contributed by atoms with Crippen LogP contribution in [0.25, 0.3) is 5.69 Å². The van der Waals surface area contributed by atoms with Crippen molar-refractivity contribution in [1.29, 1.82) is 0 Å². The van der Waals surface area contributed by atoms with Crippen LogP contribution >= 0.6 is 0 Å². The molecule has 1 aliphatic rings. The lowest BCUT2D eigenvalue weighted by Crippen LogP contribution is -2.30. The van der Waals surface area contributed by atoms with Crippen LogP contribution in [0.3, 0.4) is 0 Å². The molecular weight excluding hydrogens is 369 g/mol. The van der Waals surface area contributed by atoms with Gasteiger partial charge in [0.1, 0.15) is 5.69 Å². The van der Waals surface area contributed by atoms with Crippen molar-refractivity contribution in [2.75, 3.05) is 0 Å². The van der Waals surface area contributed by atoms with E-state index in [4.69, 9.17) is 0 Å². The molecule has 0 saturated heterocycles. The first-order chi connectivity index (χ1) is 13.4. The normalized spacial score (nSPS) is 16.5. The maximum Gasteiger partial charge on any atom is 0.433 e. The summed E-state index contributed by atoms with van der Waals surface area (Å²) in [5.74, 6) is -0.186. The van der Waals surface area contributed by atoms with Crippen LogP contribution < -0.4 is 5.32 Å². The standard InChI is InChI=1S/C20H17F3N4O/c21-20(22,23)18-11-14(9-10-24-18)27-12-15-16(7-4-8-17(15)26-27)25-19(28)13-5-2-1-3-6-13/h1-3,5-6,9-12,16H,4,7-8H2,(H,25,28). The second kappa shape index (κ2) is 7.10. The molecule has 4 rings (SSSR count). The van der Waals surface area contributed by atoms with Crippen LogP contribution in [0.5, 0.6) is 0 Å². The number of hydrogen-bond acceptors (Lipinski definition) is 3. The Morgan fingerprint density at radius 2 is 1.96 bits per heavy atom. The van der Waals surface area contributed by atoms with Gasteiger partial charge in [-0.15, -0.1) is 0 Å². The summed E-state index contributed by atoms with van der Waals surface area (Å²) < 4.78 is 40.2. The van der Waals surface area contributed by atoms with E-state index >= 15 is 0 Å². The summed E-state index contributed by atoms with van der Waals surface area (Å²) in [7, 11) is 0. The highest BCUT2D eigenvalue weighted by Gasteiger charge is 2.33. The summed E-state index contributed by atoms with van der Waals surface area (Å²) in [5, 5.41) is 7.45. The van der Waals surface area contributed by atoms with E-state index in [1.165, 1.54) is 10.7 Å². The van der Waals surface area contributed by atoms with E-state index in [0.717, 1.165) is 42.8 Å². The van der Waals surface area contributed by atoms with Crippen LogP contribution in [0.2, 0.25) is 0 Å². The molecule has 1 atom stereocenters. The Labute approximate surface area is 159 Å². The van der Waals surface area contributed by atoms with Crippen LogP contribution in [-0.4, -0.2) is 20.7 Å². The topological polar surface area (TPSA) is 59.8 Å². The number of pyridine rings is 1. The fourth-order valence-corrected chi connectivity index (χ4v) is 3.37. The van der Waals surface area contributed by atoms with Crippen molar-refractivity contribution in [3.63, 3.8) is 0 Å². The van der Waals surface area contributed by atoms with Gasteiger partial charge in [0.05, 0.1) is 17.4 Å². The average Bonchev–Trinajstić information content (AvgIpc) is 3.13. The molecule has 1 aliphatic carbocycles. The lowest BCUT2D eigenvalue weighted by atomic mass is 9.93. The van der Waals surface area contributed by atoms with Crippen molar-refractivity contribution in [2.24, 2.45) is 0 Å². The fraction of sp³-hybridized carbons (Fsp3) is 0.250. The second-order valence-electron chi connectivity index (χ2n) is 6.66. The maximum atomic E-state index is 12.9. The molecule has 1 N–H and O–H groups in total. The third-order valence-electron chi connectivity index (χ3n) is 4.74. The first-order valence-electron chi connectivity index (χ1n) is 8.90. The van der Waals surface area contributed by atoms with Gasteiger partial charge in [0.15, 0.2) is 0 Å². The van der Waals surface area contributed by atoms with Crippen molar-refractivity contribution in [3.05, 3.63) is 77.4 Å². The molecule has 2 heterocycles. The number of nitrogens with zero attached hydrogens (tertiary/aromatic N) is 3. The van der Waals surface area contributed by atoms with Crippen molar-refractivity contribution in [2.45, 2.75) is 31.5 Å². The number of aromatic nitrogens is 3. The van der Waals surface area contributed by atoms with Gasteiger partial charge in [-0.3, -0.25) is 9.78 Å².